The maximum Gasteiger partial charge on any atom is 0.410 e. The fourth-order valence-electron chi connectivity index (χ4n) is 7.18. The number of pyridine rings is 1. The number of halogens is 3. The van der Waals surface area contributed by atoms with Crippen LogP contribution in [-0.4, -0.2) is 93.0 Å². The van der Waals surface area contributed by atoms with Gasteiger partial charge in [0, 0.05) is 29.9 Å². The third-order valence-electron chi connectivity index (χ3n) is 10.2. The maximum atomic E-state index is 15.0. The van der Waals surface area contributed by atoms with Crippen molar-refractivity contribution in [2.24, 2.45) is 0 Å². The van der Waals surface area contributed by atoms with Gasteiger partial charge in [0.2, 0.25) is 5.88 Å². The molecule has 300 valence electrons. The molecule has 3 heterocycles. The van der Waals surface area contributed by atoms with Crippen molar-refractivity contribution in [3.05, 3.63) is 103 Å². The number of hydrogen-bond acceptors (Lipinski definition) is 10. The summed E-state index contributed by atoms with van der Waals surface area (Å²) < 4.78 is 57.8. The lowest BCUT2D eigenvalue weighted by Gasteiger charge is -2.47. The molecule has 6 rings (SSSR count). The first-order chi connectivity index (χ1) is 27.0. The highest BCUT2D eigenvalue weighted by atomic mass is 35.5. The summed E-state index contributed by atoms with van der Waals surface area (Å²) >= 11 is 4.57. The number of carbonyl (C=O) groups excluding carboxylic acids is 2. The summed E-state index contributed by atoms with van der Waals surface area (Å²) in [6, 6.07) is 10.1. The standard InChI is InChI=1S/C39H43ClF2N4O9S/c1-24-27(15-16-43-37(24)52-2)21-44(28-11-12-28)38(47)34-30(20-29-22-56(51)23-33(34)45(29)39(48)54-17-3-4-19-55-46(49)50)26-9-7-25(8-10-26)6-5-18-53-36-32(42)14-13-31(41)35(36)40/h7-10,13-16,28-29,33H,3-6,11-12,17-23H2,1-2H3. The van der Waals surface area contributed by atoms with E-state index in [0.29, 0.717) is 37.1 Å². The molecule has 3 atom stereocenters. The summed E-state index contributed by atoms with van der Waals surface area (Å²) in [5.74, 6) is -1.36. The number of aromatic nitrogens is 1. The zero-order chi connectivity index (χ0) is 39.9. The lowest BCUT2D eigenvalue weighted by atomic mass is 9.84. The Kier molecular flexibility index (Phi) is 13.5. The van der Waals surface area contributed by atoms with Gasteiger partial charge in [-0.2, -0.15) is 0 Å². The van der Waals surface area contributed by atoms with Crippen LogP contribution >= 0.6 is 11.6 Å². The average Bonchev–Trinajstić information content (AvgIpc) is 4.02. The Labute approximate surface area is 331 Å². The lowest BCUT2D eigenvalue weighted by molar-refractivity contribution is -0.757. The number of methoxy groups -OCH3 is 1. The van der Waals surface area contributed by atoms with Crippen molar-refractivity contribution in [3.63, 3.8) is 0 Å². The van der Waals surface area contributed by atoms with E-state index in [-0.39, 0.29) is 62.0 Å². The van der Waals surface area contributed by atoms with Crippen molar-refractivity contribution in [2.45, 2.75) is 76.5 Å². The summed E-state index contributed by atoms with van der Waals surface area (Å²) in [5.41, 5.74) is 4.58. The van der Waals surface area contributed by atoms with Crippen LogP contribution in [-0.2, 0) is 38.5 Å². The van der Waals surface area contributed by atoms with Crippen molar-refractivity contribution in [3.8, 4) is 11.6 Å². The number of nitrogens with zero attached hydrogens (tertiary/aromatic N) is 4. The molecule has 0 radical (unpaired) electrons. The highest BCUT2D eigenvalue weighted by Gasteiger charge is 2.51. The van der Waals surface area contributed by atoms with Gasteiger partial charge in [-0.1, -0.05) is 35.9 Å². The average molecular weight is 817 g/mol. The van der Waals surface area contributed by atoms with Gasteiger partial charge in [0.25, 0.3) is 11.0 Å². The molecule has 1 aliphatic carbocycles. The normalized spacial score (nSPS) is 19.0. The van der Waals surface area contributed by atoms with Crippen LogP contribution in [0.2, 0.25) is 5.02 Å². The Hall–Kier alpha value is -4.67. The summed E-state index contributed by atoms with van der Waals surface area (Å²) in [6.45, 7) is 2.14. The number of rotatable bonds is 17. The van der Waals surface area contributed by atoms with E-state index >= 15 is 4.79 Å². The van der Waals surface area contributed by atoms with Crippen LogP contribution in [0, 0.1) is 28.7 Å². The first-order valence-electron chi connectivity index (χ1n) is 18.4. The van der Waals surface area contributed by atoms with Crippen molar-refractivity contribution in [1.82, 2.24) is 14.8 Å². The molecule has 3 aliphatic rings. The molecule has 2 fully saturated rings. The van der Waals surface area contributed by atoms with Crippen LogP contribution in [0.15, 0.2) is 54.2 Å². The molecule has 2 bridgehead atoms. The molecular weight excluding hydrogens is 774 g/mol. The molecule has 2 amide bonds. The Morgan fingerprint density at radius 3 is 2.48 bits per heavy atom. The molecule has 3 aromatic rings. The van der Waals surface area contributed by atoms with Crippen LogP contribution < -0.4 is 9.47 Å². The van der Waals surface area contributed by atoms with E-state index in [0.717, 1.165) is 52.8 Å². The quantitative estimate of drug-likeness (QED) is 0.0477. The highest BCUT2D eigenvalue weighted by molar-refractivity contribution is 7.91. The number of ether oxygens (including phenoxy) is 3. The van der Waals surface area contributed by atoms with Gasteiger partial charge >= 0.3 is 6.09 Å². The molecule has 17 heteroatoms. The number of carbonyl (C=O) groups is 2. The zero-order valence-corrected chi connectivity index (χ0v) is 32.6. The third kappa shape index (κ3) is 9.64. The van der Waals surface area contributed by atoms with Crippen LogP contribution in [0.25, 0.3) is 5.57 Å². The third-order valence-corrected chi connectivity index (χ3v) is 12.0. The second-order valence-corrected chi connectivity index (χ2v) is 15.8. The first-order valence-corrected chi connectivity index (χ1v) is 20.3. The Morgan fingerprint density at radius 2 is 1.77 bits per heavy atom. The van der Waals surface area contributed by atoms with Crippen molar-refractivity contribution in [1.29, 1.82) is 0 Å². The second-order valence-electron chi connectivity index (χ2n) is 13.9. The van der Waals surface area contributed by atoms with E-state index in [1.807, 2.05) is 42.2 Å². The number of fused-ring (bicyclic) bond motifs is 2. The Morgan fingerprint density at radius 1 is 1.04 bits per heavy atom. The summed E-state index contributed by atoms with van der Waals surface area (Å²) in [7, 11) is 1.54. The topological polar surface area (TPSA) is 157 Å². The van der Waals surface area contributed by atoms with Crippen LogP contribution in [0.1, 0.15) is 60.8 Å². The van der Waals surface area contributed by atoms with E-state index in [9.17, 15) is 28.2 Å². The number of aryl methyl sites for hydroxylation is 1. The molecule has 2 aromatic carbocycles. The van der Waals surface area contributed by atoms with Gasteiger partial charge in [-0.25, -0.2) is 18.6 Å². The number of hydrogen-bond donors (Lipinski definition) is 0. The SMILES string of the molecule is COc1nccc(CN(C(=O)C2=C(c3ccc(CCCOc4c(F)ccc(F)c4Cl)cc3)CC3C[S+]([O-])CC2N3C(=O)OCCCCO[N+](=O)[O-])C2CC2)c1C. The Balaban J connectivity index is 1.26. The zero-order valence-electron chi connectivity index (χ0n) is 31.0. The summed E-state index contributed by atoms with van der Waals surface area (Å²) in [6.07, 6.45) is 4.59. The molecule has 1 saturated heterocycles. The van der Waals surface area contributed by atoms with Gasteiger partial charge in [-0.3, -0.25) is 9.69 Å². The molecule has 0 spiro atoms. The van der Waals surface area contributed by atoms with Gasteiger partial charge < -0.3 is 28.5 Å². The van der Waals surface area contributed by atoms with Crippen LogP contribution in [0.3, 0.4) is 0 Å². The monoisotopic (exact) mass is 816 g/mol. The second kappa shape index (κ2) is 18.5. The van der Waals surface area contributed by atoms with E-state index < -0.39 is 51.1 Å². The highest BCUT2D eigenvalue weighted by Crippen LogP contribution is 2.42. The van der Waals surface area contributed by atoms with Gasteiger partial charge in [0.1, 0.15) is 28.4 Å². The summed E-state index contributed by atoms with van der Waals surface area (Å²) in [4.78, 5) is 51.3. The van der Waals surface area contributed by atoms with Crippen LogP contribution in [0.5, 0.6) is 11.6 Å². The molecular formula is C39H43ClF2N4O9S. The molecule has 13 nitrogen and oxygen atoms in total. The number of unbranched alkanes of at least 4 members (excludes halogenated alkanes) is 1. The minimum Gasteiger partial charge on any atom is -0.616 e. The van der Waals surface area contributed by atoms with Gasteiger partial charge in [-0.15, -0.1) is 10.1 Å². The summed E-state index contributed by atoms with van der Waals surface area (Å²) in [5, 5.41) is 9.20. The molecule has 56 heavy (non-hydrogen) atoms. The van der Waals surface area contributed by atoms with E-state index in [2.05, 4.69) is 9.82 Å². The predicted molar refractivity (Wildman–Crippen MR) is 203 cm³/mol. The molecule has 1 saturated carbocycles. The van der Waals surface area contributed by atoms with Gasteiger partial charge in [0.05, 0.1) is 33.0 Å². The van der Waals surface area contributed by atoms with E-state index in [1.165, 1.54) is 0 Å². The van der Waals surface area contributed by atoms with Crippen LogP contribution in [0.4, 0.5) is 13.6 Å². The molecule has 3 unspecified atom stereocenters. The number of benzene rings is 2. The fourth-order valence-corrected chi connectivity index (χ4v) is 8.92. The van der Waals surface area contributed by atoms with Crippen molar-refractivity contribution in [2.75, 3.05) is 38.4 Å². The van der Waals surface area contributed by atoms with Gasteiger partial charge in [-0.05, 0) is 104 Å². The minimum atomic E-state index is -1.31. The molecule has 2 aliphatic heterocycles. The maximum absolute atomic E-state index is 15.0. The lowest BCUT2D eigenvalue weighted by Crippen LogP contribution is -2.61. The first kappa shape index (κ1) is 41.0. The Bertz CT molecular complexity index is 1950. The molecule has 1 aromatic heterocycles. The largest absolute Gasteiger partial charge is 0.616 e. The minimum absolute atomic E-state index is 0.00709. The predicted octanol–water partition coefficient (Wildman–Crippen LogP) is 6.62. The smallest absolute Gasteiger partial charge is 0.410 e. The molecule has 0 N–H and O–H groups in total. The van der Waals surface area contributed by atoms with Crippen molar-refractivity contribution >= 4 is 40.4 Å². The van der Waals surface area contributed by atoms with E-state index in [1.54, 1.807) is 18.2 Å². The van der Waals surface area contributed by atoms with Crippen molar-refractivity contribution < 1.29 is 47.1 Å². The number of amides is 2. The fraction of sp³-hybridized carbons (Fsp3) is 0.462. The van der Waals surface area contributed by atoms with Gasteiger partial charge in [0.15, 0.2) is 11.6 Å². The van der Waals surface area contributed by atoms with E-state index in [4.69, 9.17) is 25.8 Å².